The molecule has 2 unspecified atom stereocenters. The molecule has 1 N–H and O–H groups in total. The van der Waals surface area contributed by atoms with Gasteiger partial charge >= 0.3 is 0 Å². The lowest BCUT2D eigenvalue weighted by Crippen LogP contribution is -2.43. The Bertz CT molecular complexity index is 537. The van der Waals surface area contributed by atoms with E-state index in [-0.39, 0.29) is 4.87 Å². The van der Waals surface area contributed by atoms with Crippen molar-refractivity contribution in [1.29, 1.82) is 0 Å². The second-order valence-electron chi connectivity index (χ2n) is 4.98. The average Bonchev–Trinajstić information content (AvgIpc) is 3.06. The molecule has 0 aliphatic carbocycles. The summed E-state index contributed by atoms with van der Waals surface area (Å²) in [6.45, 7) is 1.13. The van der Waals surface area contributed by atoms with Gasteiger partial charge in [0, 0.05) is 23.6 Å². The summed E-state index contributed by atoms with van der Waals surface area (Å²) in [7, 11) is 2.18. The predicted octanol–water partition coefficient (Wildman–Crippen LogP) is 2.95. The van der Waals surface area contributed by atoms with E-state index in [1.165, 1.54) is 5.75 Å². The second-order valence-corrected chi connectivity index (χ2v) is 8.24. The molecule has 0 saturated carbocycles. The Morgan fingerprint density at radius 1 is 1.45 bits per heavy atom. The standard InChI is InChI=1S/C14H18N2OS3/c1-16-7-8-19-13(16)14(18-2)9-20-12(15-14)10-5-3-4-6-11(10)17/h3-6,13,17H,7-9H2,1-2H3. The van der Waals surface area contributed by atoms with E-state index in [0.717, 1.165) is 22.9 Å². The van der Waals surface area contributed by atoms with Crippen molar-refractivity contribution in [3.05, 3.63) is 29.8 Å². The summed E-state index contributed by atoms with van der Waals surface area (Å²) in [6.07, 6.45) is 2.14. The van der Waals surface area contributed by atoms with Gasteiger partial charge in [0.25, 0.3) is 0 Å². The third kappa shape index (κ3) is 2.47. The molecule has 0 bridgehead atoms. The monoisotopic (exact) mass is 326 g/mol. The topological polar surface area (TPSA) is 35.8 Å². The van der Waals surface area contributed by atoms with Gasteiger partial charge in [0.1, 0.15) is 15.7 Å². The number of nitrogens with zero attached hydrogens (tertiary/aromatic N) is 2. The first-order valence-electron chi connectivity index (χ1n) is 6.54. The van der Waals surface area contributed by atoms with Crippen molar-refractivity contribution >= 4 is 40.3 Å². The first-order valence-corrected chi connectivity index (χ1v) is 9.80. The number of aromatic hydroxyl groups is 1. The second kappa shape index (κ2) is 5.83. The number of phenolic OH excluding ortho intramolecular Hbond substituents is 1. The molecule has 2 heterocycles. The summed E-state index contributed by atoms with van der Waals surface area (Å²) >= 11 is 5.59. The Labute approximate surface area is 132 Å². The molecule has 1 saturated heterocycles. The van der Waals surface area contributed by atoms with Crippen LogP contribution in [0.25, 0.3) is 0 Å². The van der Waals surface area contributed by atoms with Crippen LogP contribution in [-0.4, -0.2) is 56.6 Å². The van der Waals surface area contributed by atoms with Crippen LogP contribution in [0.15, 0.2) is 29.3 Å². The number of aliphatic imine (C=N–C) groups is 1. The first-order chi connectivity index (χ1) is 9.66. The third-order valence-corrected chi connectivity index (χ3v) is 7.85. The molecule has 1 fully saturated rings. The van der Waals surface area contributed by atoms with E-state index in [0.29, 0.717) is 11.1 Å². The Hall–Kier alpha value is -0.300. The smallest absolute Gasteiger partial charge is 0.141 e. The van der Waals surface area contributed by atoms with Gasteiger partial charge in [-0.1, -0.05) is 12.1 Å². The Kier molecular flexibility index (Phi) is 4.26. The summed E-state index contributed by atoms with van der Waals surface area (Å²) in [5.41, 5.74) is 0.860. The summed E-state index contributed by atoms with van der Waals surface area (Å²) in [4.78, 5) is 7.32. The van der Waals surface area contributed by atoms with Gasteiger partial charge in [0.15, 0.2) is 0 Å². The minimum atomic E-state index is -0.0990. The molecule has 6 heteroatoms. The molecule has 0 amide bonds. The molecule has 3 rings (SSSR count). The number of thioether (sulfide) groups is 3. The molecular weight excluding hydrogens is 308 g/mol. The molecule has 1 aromatic rings. The lowest BCUT2D eigenvalue weighted by Gasteiger charge is -2.33. The summed E-state index contributed by atoms with van der Waals surface area (Å²) in [5.74, 6) is 2.47. The molecule has 0 radical (unpaired) electrons. The lowest BCUT2D eigenvalue weighted by atomic mass is 10.2. The van der Waals surface area contributed by atoms with Crippen molar-refractivity contribution < 1.29 is 5.11 Å². The largest absolute Gasteiger partial charge is 0.507 e. The number of hydrogen-bond donors (Lipinski definition) is 1. The van der Waals surface area contributed by atoms with Crippen LogP contribution in [0.1, 0.15) is 5.56 Å². The van der Waals surface area contributed by atoms with Gasteiger partial charge in [-0.15, -0.1) is 35.3 Å². The minimum Gasteiger partial charge on any atom is -0.507 e. The molecule has 20 heavy (non-hydrogen) atoms. The van der Waals surface area contributed by atoms with Crippen LogP contribution in [0, 0.1) is 0 Å². The van der Waals surface area contributed by atoms with Crippen molar-refractivity contribution in [2.75, 3.05) is 31.4 Å². The maximum absolute atomic E-state index is 10.0. The van der Waals surface area contributed by atoms with E-state index in [4.69, 9.17) is 4.99 Å². The number of likely N-dealkylation sites (N-methyl/N-ethyl adjacent to an activating group) is 1. The predicted molar refractivity (Wildman–Crippen MR) is 92.2 cm³/mol. The fourth-order valence-electron chi connectivity index (χ4n) is 2.56. The van der Waals surface area contributed by atoms with Gasteiger partial charge in [0.2, 0.25) is 0 Å². The maximum Gasteiger partial charge on any atom is 0.141 e. The molecule has 1 aromatic carbocycles. The fraction of sp³-hybridized carbons (Fsp3) is 0.500. The van der Waals surface area contributed by atoms with Crippen molar-refractivity contribution in [3.63, 3.8) is 0 Å². The Morgan fingerprint density at radius 3 is 2.90 bits per heavy atom. The van der Waals surface area contributed by atoms with Crippen molar-refractivity contribution in [2.45, 2.75) is 10.2 Å². The molecular formula is C14H18N2OS3. The zero-order valence-corrected chi connectivity index (χ0v) is 14.0. The van der Waals surface area contributed by atoms with Gasteiger partial charge in [0.05, 0.1) is 5.37 Å². The molecule has 3 nitrogen and oxygen atoms in total. The number of phenols is 1. The van der Waals surface area contributed by atoms with Crippen molar-refractivity contribution in [1.82, 2.24) is 4.90 Å². The van der Waals surface area contributed by atoms with Crippen molar-refractivity contribution in [2.24, 2.45) is 4.99 Å². The van der Waals surface area contributed by atoms with Crippen LogP contribution in [0.5, 0.6) is 5.75 Å². The lowest BCUT2D eigenvalue weighted by molar-refractivity contribution is 0.315. The van der Waals surface area contributed by atoms with Crippen LogP contribution in [0.2, 0.25) is 0 Å². The zero-order chi connectivity index (χ0) is 14.2. The van der Waals surface area contributed by atoms with E-state index < -0.39 is 0 Å². The highest BCUT2D eigenvalue weighted by atomic mass is 32.2. The van der Waals surface area contributed by atoms with E-state index >= 15 is 0 Å². The average molecular weight is 327 g/mol. The summed E-state index contributed by atoms with van der Waals surface area (Å²) < 4.78 is 0. The normalized spacial score (nSPS) is 30.7. The first kappa shape index (κ1) is 14.6. The molecule has 108 valence electrons. The number of hydrogen-bond acceptors (Lipinski definition) is 6. The fourth-order valence-corrected chi connectivity index (χ4v) is 6.92. The number of benzene rings is 1. The molecule has 2 aliphatic rings. The van der Waals surface area contributed by atoms with Gasteiger partial charge < -0.3 is 5.11 Å². The summed E-state index contributed by atoms with van der Waals surface area (Å²) in [5, 5.41) is 11.4. The van der Waals surface area contributed by atoms with Crippen LogP contribution >= 0.6 is 35.3 Å². The molecule has 2 atom stereocenters. The molecule has 0 spiro atoms. The van der Waals surface area contributed by atoms with E-state index in [9.17, 15) is 5.11 Å². The van der Waals surface area contributed by atoms with Gasteiger partial charge in [-0.05, 0) is 25.4 Å². The SMILES string of the molecule is CSC1(C2SCCN2C)CSC(c2ccccc2O)=N1. The van der Waals surface area contributed by atoms with E-state index in [1.807, 2.05) is 41.7 Å². The van der Waals surface area contributed by atoms with E-state index in [1.54, 1.807) is 17.8 Å². The highest BCUT2D eigenvalue weighted by molar-refractivity contribution is 8.16. The van der Waals surface area contributed by atoms with Crippen molar-refractivity contribution in [3.8, 4) is 5.75 Å². The van der Waals surface area contributed by atoms with Gasteiger partial charge in [-0.2, -0.15) is 0 Å². The van der Waals surface area contributed by atoms with Crippen LogP contribution in [-0.2, 0) is 0 Å². The van der Waals surface area contributed by atoms with Gasteiger partial charge in [-0.25, -0.2) is 0 Å². The van der Waals surface area contributed by atoms with Gasteiger partial charge in [-0.3, -0.25) is 9.89 Å². The van der Waals surface area contributed by atoms with Crippen LogP contribution in [0.3, 0.4) is 0 Å². The Morgan fingerprint density at radius 2 is 2.25 bits per heavy atom. The quantitative estimate of drug-likeness (QED) is 0.924. The molecule has 2 aliphatic heterocycles. The van der Waals surface area contributed by atoms with Crippen LogP contribution in [0.4, 0.5) is 0 Å². The third-order valence-electron chi connectivity index (χ3n) is 3.70. The minimum absolute atomic E-state index is 0.0990. The van der Waals surface area contributed by atoms with E-state index in [2.05, 4.69) is 18.2 Å². The zero-order valence-electron chi connectivity index (χ0n) is 11.6. The highest BCUT2D eigenvalue weighted by Crippen LogP contribution is 2.47. The maximum atomic E-state index is 10.0. The number of rotatable bonds is 3. The molecule has 0 aromatic heterocycles. The van der Waals surface area contributed by atoms with Crippen LogP contribution < -0.4 is 0 Å². The highest BCUT2D eigenvalue weighted by Gasteiger charge is 2.46. The summed E-state index contributed by atoms with van der Waals surface area (Å²) in [6, 6.07) is 7.48. The number of para-hydroxylation sites is 1. The Balaban J connectivity index is 1.94.